The molecule has 1 N–H and O–H groups in total. The Kier molecular flexibility index (Phi) is 11.4. The van der Waals surface area contributed by atoms with E-state index in [4.69, 9.17) is 27.9 Å². The molecule has 2 rings (SSSR count). The van der Waals surface area contributed by atoms with Crippen LogP contribution in [-0.2, 0) is 20.7 Å². The summed E-state index contributed by atoms with van der Waals surface area (Å²) < 4.78 is 42.1. The van der Waals surface area contributed by atoms with Crippen molar-refractivity contribution in [2.24, 2.45) is 5.92 Å². The van der Waals surface area contributed by atoms with Gasteiger partial charge in [-0.25, -0.2) is 0 Å². The quantitative estimate of drug-likeness (QED) is 0.396. The van der Waals surface area contributed by atoms with Crippen LogP contribution in [0.1, 0.15) is 51.7 Å². The number of hydrogen-bond acceptors (Lipinski definition) is 3. The Labute approximate surface area is 208 Å². The molecule has 0 heterocycles. The number of carbonyl (C=O) groups is 2. The summed E-state index contributed by atoms with van der Waals surface area (Å²) in [6, 6.07) is 12.7. The Hall–Kier alpha value is -2.25. The van der Waals surface area contributed by atoms with Gasteiger partial charge in [-0.1, -0.05) is 54.4 Å². The van der Waals surface area contributed by atoms with Crippen LogP contribution in [-0.4, -0.2) is 23.7 Å². The predicted molar refractivity (Wildman–Crippen MR) is 130 cm³/mol. The maximum atomic E-state index is 12.3. The molecule has 2 aromatic carbocycles. The lowest BCUT2D eigenvalue weighted by Crippen LogP contribution is -2.28. The number of nitrogens with one attached hydrogen (secondary N) is 1. The van der Waals surface area contributed by atoms with Crippen molar-refractivity contribution in [3.05, 3.63) is 63.6 Å². The largest absolute Gasteiger partial charge is 0.460 e. The van der Waals surface area contributed by atoms with Gasteiger partial charge in [-0.15, -0.1) is 0 Å². The molecule has 34 heavy (non-hydrogen) atoms. The molecule has 0 saturated heterocycles. The number of ether oxygens (including phenoxy) is 1. The summed E-state index contributed by atoms with van der Waals surface area (Å²) in [6.45, 7) is 8.76. The summed E-state index contributed by atoms with van der Waals surface area (Å²) in [4.78, 5) is 24.0. The second kappa shape index (κ2) is 13.0. The van der Waals surface area contributed by atoms with Crippen molar-refractivity contribution in [1.29, 1.82) is 0 Å². The highest BCUT2D eigenvalue weighted by molar-refractivity contribution is 6.34. The summed E-state index contributed by atoms with van der Waals surface area (Å²) in [6.07, 6.45) is -5.94. The number of benzene rings is 2. The van der Waals surface area contributed by atoms with E-state index in [-0.39, 0.29) is 16.7 Å². The number of halogens is 5. The molecular weight excluding hydrogens is 490 g/mol. The topological polar surface area (TPSA) is 55.4 Å². The van der Waals surface area contributed by atoms with Crippen LogP contribution in [0.2, 0.25) is 10.0 Å². The van der Waals surface area contributed by atoms with E-state index in [1.807, 2.05) is 30.3 Å². The Balaban J connectivity index is 0.000000700. The first-order valence-corrected chi connectivity index (χ1v) is 11.4. The van der Waals surface area contributed by atoms with Crippen molar-refractivity contribution in [1.82, 2.24) is 0 Å². The van der Waals surface area contributed by atoms with Crippen LogP contribution < -0.4 is 5.32 Å². The molecule has 1 atom stereocenters. The van der Waals surface area contributed by atoms with Gasteiger partial charge in [0.05, 0.1) is 23.0 Å². The van der Waals surface area contributed by atoms with Gasteiger partial charge in [0.1, 0.15) is 5.60 Å². The van der Waals surface area contributed by atoms with Crippen molar-refractivity contribution >= 4 is 40.8 Å². The third kappa shape index (κ3) is 11.7. The fourth-order valence-corrected chi connectivity index (χ4v) is 3.18. The van der Waals surface area contributed by atoms with Crippen LogP contribution in [0, 0.1) is 12.8 Å². The monoisotopic (exact) mass is 519 g/mol. The number of anilines is 1. The van der Waals surface area contributed by atoms with Gasteiger partial charge in [0.2, 0.25) is 5.91 Å². The lowest BCUT2D eigenvalue weighted by atomic mass is 9.96. The lowest BCUT2D eigenvalue weighted by Gasteiger charge is -2.23. The molecule has 0 spiro atoms. The van der Waals surface area contributed by atoms with Crippen LogP contribution in [0.5, 0.6) is 0 Å². The zero-order chi connectivity index (χ0) is 26.1. The zero-order valence-corrected chi connectivity index (χ0v) is 21.4. The molecule has 4 nitrogen and oxygen atoms in total. The maximum Gasteiger partial charge on any atom is 0.389 e. The second-order valence-corrected chi connectivity index (χ2v) is 9.65. The van der Waals surface area contributed by atoms with Crippen molar-refractivity contribution < 1.29 is 27.5 Å². The minimum Gasteiger partial charge on any atom is -0.460 e. The standard InChI is InChI=1S/C19H25ClF3NO3.C6H5Cl/c1-11(17(26)27-18(3,4)5)10-13-6-7-14(20)16(12(13)2)24-15(25)8-9-19(21,22)23;7-6-4-2-1-3-5-6/h6-7,11H,8-10H2,1-5H3,(H,24,25);1-5H. The fraction of sp³-hybridized carbons (Fsp3) is 0.440. The normalized spacial score (nSPS) is 12.3. The van der Waals surface area contributed by atoms with E-state index >= 15 is 0 Å². The molecule has 0 aliphatic heterocycles. The maximum absolute atomic E-state index is 12.3. The molecular formula is C25H30Cl2F3NO3. The van der Waals surface area contributed by atoms with Crippen molar-refractivity contribution in [2.45, 2.75) is 65.7 Å². The predicted octanol–water partition coefficient (Wildman–Crippen LogP) is 7.79. The van der Waals surface area contributed by atoms with Gasteiger partial charge in [0.25, 0.3) is 0 Å². The third-order valence-electron chi connectivity index (χ3n) is 4.49. The average Bonchev–Trinajstić information content (AvgIpc) is 2.71. The number of esters is 1. The Morgan fingerprint density at radius 1 is 1.03 bits per heavy atom. The van der Waals surface area contributed by atoms with E-state index in [2.05, 4.69) is 5.32 Å². The summed E-state index contributed by atoms with van der Waals surface area (Å²) in [5.74, 6) is -1.56. The molecule has 0 saturated carbocycles. The van der Waals surface area contributed by atoms with Gasteiger partial charge >= 0.3 is 12.1 Å². The molecule has 0 bridgehead atoms. The van der Waals surface area contributed by atoms with E-state index in [9.17, 15) is 22.8 Å². The molecule has 188 valence electrons. The third-order valence-corrected chi connectivity index (χ3v) is 5.06. The highest BCUT2D eigenvalue weighted by Crippen LogP contribution is 2.31. The average molecular weight is 520 g/mol. The van der Waals surface area contributed by atoms with Crippen LogP contribution in [0.3, 0.4) is 0 Å². The zero-order valence-electron chi connectivity index (χ0n) is 19.9. The first-order chi connectivity index (χ1) is 15.6. The summed E-state index contributed by atoms with van der Waals surface area (Å²) in [7, 11) is 0. The summed E-state index contributed by atoms with van der Waals surface area (Å²) in [5, 5.41) is 3.46. The minimum atomic E-state index is -4.40. The van der Waals surface area contributed by atoms with E-state index in [1.54, 1.807) is 46.8 Å². The molecule has 9 heteroatoms. The van der Waals surface area contributed by atoms with Crippen LogP contribution in [0.25, 0.3) is 0 Å². The first-order valence-electron chi connectivity index (χ1n) is 10.7. The number of hydrogen-bond donors (Lipinski definition) is 1. The van der Waals surface area contributed by atoms with Crippen LogP contribution in [0.4, 0.5) is 18.9 Å². The van der Waals surface area contributed by atoms with Gasteiger partial charge in [-0.05, 0) is 63.4 Å². The van der Waals surface area contributed by atoms with Crippen molar-refractivity contribution in [3.63, 3.8) is 0 Å². The molecule has 2 aromatic rings. The Morgan fingerprint density at radius 3 is 2.09 bits per heavy atom. The minimum absolute atomic E-state index is 0.224. The second-order valence-electron chi connectivity index (χ2n) is 8.80. The van der Waals surface area contributed by atoms with Gasteiger partial charge in [0, 0.05) is 11.4 Å². The molecule has 0 aliphatic rings. The van der Waals surface area contributed by atoms with Crippen LogP contribution >= 0.6 is 23.2 Å². The van der Waals surface area contributed by atoms with Gasteiger partial charge < -0.3 is 10.1 Å². The molecule has 0 fully saturated rings. The highest BCUT2D eigenvalue weighted by atomic mass is 35.5. The number of rotatable bonds is 6. The Morgan fingerprint density at radius 2 is 1.62 bits per heavy atom. The SMILES string of the molecule is Cc1c(CC(C)C(=O)OC(C)(C)C)ccc(Cl)c1NC(=O)CCC(F)(F)F.Clc1ccccc1. The van der Waals surface area contributed by atoms with E-state index in [1.165, 1.54) is 0 Å². The number of carbonyl (C=O) groups excluding carboxylic acids is 2. The summed E-state index contributed by atoms with van der Waals surface area (Å²) >= 11 is 11.6. The first kappa shape index (κ1) is 29.8. The number of alkyl halides is 3. The molecule has 0 aliphatic carbocycles. The van der Waals surface area contributed by atoms with E-state index < -0.39 is 36.4 Å². The smallest absolute Gasteiger partial charge is 0.389 e. The molecule has 1 unspecified atom stereocenters. The molecule has 0 aromatic heterocycles. The molecule has 1 amide bonds. The van der Waals surface area contributed by atoms with Crippen molar-refractivity contribution in [2.75, 3.05) is 5.32 Å². The van der Waals surface area contributed by atoms with Gasteiger partial charge in [-0.3, -0.25) is 9.59 Å². The van der Waals surface area contributed by atoms with Crippen LogP contribution in [0.15, 0.2) is 42.5 Å². The van der Waals surface area contributed by atoms with Gasteiger partial charge in [0.15, 0.2) is 0 Å². The van der Waals surface area contributed by atoms with E-state index in [0.717, 1.165) is 10.6 Å². The fourth-order valence-electron chi connectivity index (χ4n) is 2.78. The van der Waals surface area contributed by atoms with E-state index in [0.29, 0.717) is 12.0 Å². The highest BCUT2D eigenvalue weighted by Gasteiger charge is 2.28. The van der Waals surface area contributed by atoms with Crippen molar-refractivity contribution in [3.8, 4) is 0 Å². The summed E-state index contributed by atoms with van der Waals surface area (Å²) in [5.41, 5.74) is 1.03. The molecule has 0 radical (unpaired) electrons. The Bertz CT molecular complexity index is 958. The van der Waals surface area contributed by atoms with Gasteiger partial charge in [-0.2, -0.15) is 13.2 Å². The number of amides is 1. The lowest BCUT2D eigenvalue weighted by molar-refractivity contribution is -0.159.